The van der Waals surface area contributed by atoms with Crippen LogP contribution in [0.4, 0.5) is 5.69 Å². The molecule has 0 spiro atoms. The molecule has 6 nitrogen and oxygen atoms in total. The highest BCUT2D eigenvalue weighted by molar-refractivity contribution is 14.1. The third kappa shape index (κ3) is 4.34. The normalized spacial score (nSPS) is 10.6. The highest BCUT2D eigenvalue weighted by Crippen LogP contribution is 2.41. The van der Waals surface area contributed by atoms with E-state index in [-0.39, 0.29) is 5.91 Å². The molecule has 0 bridgehead atoms. The number of halogens is 1. The van der Waals surface area contributed by atoms with E-state index in [9.17, 15) is 4.79 Å². The molecule has 7 heteroatoms. The number of aromatic nitrogens is 1. The number of ether oxygens (including phenoxy) is 3. The molecule has 1 amide bonds. The van der Waals surface area contributed by atoms with Crippen molar-refractivity contribution in [3.63, 3.8) is 0 Å². The van der Waals surface area contributed by atoms with Crippen LogP contribution in [0.25, 0.3) is 22.2 Å². The maximum absolute atomic E-state index is 13.2. The predicted octanol–water partition coefficient (Wildman–Crippen LogP) is 5.78. The Morgan fingerprint density at radius 1 is 0.875 bits per heavy atom. The summed E-state index contributed by atoms with van der Waals surface area (Å²) in [5.41, 5.74) is 3.33. The number of methoxy groups -OCH3 is 3. The predicted molar refractivity (Wildman–Crippen MR) is 134 cm³/mol. The number of carbonyl (C=O) groups is 1. The Kier molecular flexibility index (Phi) is 6.45. The van der Waals surface area contributed by atoms with Gasteiger partial charge in [0.2, 0.25) is 5.75 Å². The van der Waals surface area contributed by atoms with Gasteiger partial charge in [0.25, 0.3) is 5.91 Å². The molecule has 32 heavy (non-hydrogen) atoms. The summed E-state index contributed by atoms with van der Waals surface area (Å²) in [6, 6.07) is 20.6. The minimum absolute atomic E-state index is 0.210. The van der Waals surface area contributed by atoms with E-state index in [0.29, 0.717) is 34.0 Å². The SMILES string of the molecule is COc1cc(-c2cc(C(=O)Nc3ccc(I)cc3)c3ccccc3n2)cc(OC)c1OC. The molecule has 0 aliphatic heterocycles. The number of rotatable bonds is 6. The van der Waals surface area contributed by atoms with Crippen molar-refractivity contribution < 1.29 is 19.0 Å². The lowest BCUT2D eigenvalue weighted by Crippen LogP contribution is -2.13. The van der Waals surface area contributed by atoms with Gasteiger partial charge in [-0.3, -0.25) is 4.79 Å². The maximum atomic E-state index is 13.2. The minimum Gasteiger partial charge on any atom is -0.493 e. The molecular formula is C25H21IN2O4. The lowest BCUT2D eigenvalue weighted by molar-refractivity contribution is 0.102. The average molecular weight is 540 g/mol. The lowest BCUT2D eigenvalue weighted by atomic mass is 10.0. The molecule has 0 aliphatic carbocycles. The van der Waals surface area contributed by atoms with E-state index in [1.807, 2.05) is 60.7 Å². The van der Waals surface area contributed by atoms with Crippen molar-refractivity contribution in [3.8, 4) is 28.5 Å². The van der Waals surface area contributed by atoms with Gasteiger partial charge in [-0.05, 0) is 71.1 Å². The van der Waals surface area contributed by atoms with Gasteiger partial charge < -0.3 is 19.5 Å². The second kappa shape index (κ2) is 9.44. The molecule has 1 aromatic heterocycles. The van der Waals surface area contributed by atoms with E-state index >= 15 is 0 Å². The first-order valence-electron chi connectivity index (χ1n) is 9.81. The fourth-order valence-corrected chi connectivity index (χ4v) is 3.83. The second-order valence-electron chi connectivity index (χ2n) is 6.95. The van der Waals surface area contributed by atoms with Crippen molar-refractivity contribution in [1.82, 2.24) is 4.98 Å². The Labute approximate surface area is 199 Å². The highest BCUT2D eigenvalue weighted by atomic mass is 127. The van der Waals surface area contributed by atoms with Gasteiger partial charge in [-0.25, -0.2) is 4.98 Å². The van der Waals surface area contributed by atoms with E-state index in [1.165, 1.54) is 0 Å². The van der Waals surface area contributed by atoms with Gasteiger partial charge in [0.05, 0.1) is 38.1 Å². The van der Waals surface area contributed by atoms with Gasteiger partial charge in [0, 0.05) is 20.2 Å². The first-order valence-corrected chi connectivity index (χ1v) is 10.9. The molecule has 0 saturated carbocycles. The van der Waals surface area contributed by atoms with E-state index in [4.69, 9.17) is 19.2 Å². The van der Waals surface area contributed by atoms with Gasteiger partial charge in [-0.15, -0.1) is 0 Å². The average Bonchev–Trinajstić information content (AvgIpc) is 2.83. The Balaban J connectivity index is 1.84. The topological polar surface area (TPSA) is 69.7 Å². The first kappa shape index (κ1) is 21.9. The van der Waals surface area contributed by atoms with Crippen LogP contribution in [0.3, 0.4) is 0 Å². The van der Waals surface area contributed by atoms with Crippen molar-refractivity contribution in [2.75, 3.05) is 26.6 Å². The van der Waals surface area contributed by atoms with Crippen LogP contribution in [0, 0.1) is 3.57 Å². The van der Waals surface area contributed by atoms with Crippen LogP contribution >= 0.6 is 22.6 Å². The Morgan fingerprint density at radius 2 is 1.53 bits per heavy atom. The van der Waals surface area contributed by atoms with Crippen molar-refractivity contribution in [1.29, 1.82) is 0 Å². The maximum Gasteiger partial charge on any atom is 0.256 e. The number of benzene rings is 3. The monoisotopic (exact) mass is 540 g/mol. The summed E-state index contributed by atoms with van der Waals surface area (Å²) in [6.07, 6.45) is 0. The van der Waals surface area contributed by atoms with Crippen LogP contribution in [0.2, 0.25) is 0 Å². The molecule has 0 aliphatic rings. The van der Waals surface area contributed by atoms with Gasteiger partial charge in [-0.1, -0.05) is 18.2 Å². The number of nitrogens with zero attached hydrogens (tertiary/aromatic N) is 1. The third-order valence-electron chi connectivity index (χ3n) is 5.02. The zero-order valence-corrected chi connectivity index (χ0v) is 20.0. The van der Waals surface area contributed by atoms with Gasteiger partial charge in [0.15, 0.2) is 11.5 Å². The molecular weight excluding hydrogens is 519 g/mol. The summed E-state index contributed by atoms with van der Waals surface area (Å²) in [5, 5.41) is 3.75. The van der Waals surface area contributed by atoms with Crippen LogP contribution in [0.5, 0.6) is 17.2 Å². The summed E-state index contributed by atoms with van der Waals surface area (Å²) in [7, 11) is 4.69. The first-order chi connectivity index (χ1) is 15.5. The number of hydrogen-bond donors (Lipinski definition) is 1. The van der Waals surface area contributed by atoms with Crippen LogP contribution in [0.1, 0.15) is 10.4 Å². The highest BCUT2D eigenvalue weighted by Gasteiger charge is 2.18. The van der Waals surface area contributed by atoms with E-state index < -0.39 is 0 Å². The lowest BCUT2D eigenvalue weighted by Gasteiger charge is -2.15. The Bertz CT molecular complexity index is 1260. The van der Waals surface area contributed by atoms with Crippen LogP contribution in [-0.2, 0) is 0 Å². The third-order valence-corrected chi connectivity index (χ3v) is 5.74. The standard InChI is InChI=1S/C25H21IN2O4/c1-30-22-12-15(13-23(31-2)24(22)32-3)21-14-19(18-6-4-5-7-20(18)28-21)25(29)27-17-10-8-16(26)9-11-17/h4-14H,1-3H3,(H,27,29). The number of anilines is 1. The number of fused-ring (bicyclic) bond motifs is 1. The minimum atomic E-state index is -0.210. The summed E-state index contributed by atoms with van der Waals surface area (Å²) >= 11 is 2.23. The van der Waals surface area contributed by atoms with Crippen LogP contribution in [0.15, 0.2) is 66.7 Å². The van der Waals surface area contributed by atoms with Crippen LogP contribution in [-0.4, -0.2) is 32.2 Å². The largest absolute Gasteiger partial charge is 0.493 e. The Hall–Kier alpha value is -3.33. The number of nitrogens with one attached hydrogen (secondary N) is 1. The van der Waals surface area contributed by atoms with Crippen molar-refractivity contribution in [2.24, 2.45) is 0 Å². The molecule has 0 radical (unpaired) electrons. The quantitative estimate of drug-likeness (QED) is 0.314. The van der Waals surface area contributed by atoms with Crippen molar-refractivity contribution >= 4 is 45.1 Å². The number of hydrogen-bond acceptors (Lipinski definition) is 5. The number of pyridine rings is 1. The van der Waals surface area contributed by atoms with Gasteiger partial charge in [0.1, 0.15) is 0 Å². The molecule has 1 N–H and O–H groups in total. The zero-order valence-electron chi connectivity index (χ0n) is 17.8. The molecule has 0 saturated heterocycles. The summed E-state index contributed by atoms with van der Waals surface area (Å²) in [5.74, 6) is 1.32. The molecule has 0 fully saturated rings. The number of amides is 1. The summed E-state index contributed by atoms with van der Waals surface area (Å²) in [6.45, 7) is 0. The van der Waals surface area contributed by atoms with Crippen molar-refractivity contribution in [2.45, 2.75) is 0 Å². The van der Waals surface area contributed by atoms with Gasteiger partial charge in [-0.2, -0.15) is 0 Å². The molecule has 4 rings (SSSR count). The molecule has 0 atom stereocenters. The fraction of sp³-hybridized carbons (Fsp3) is 0.120. The smallest absolute Gasteiger partial charge is 0.256 e. The Morgan fingerprint density at radius 3 is 2.16 bits per heavy atom. The van der Waals surface area contributed by atoms with Gasteiger partial charge >= 0.3 is 0 Å². The summed E-state index contributed by atoms with van der Waals surface area (Å²) in [4.78, 5) is 18.0. The van der Waals surface area contributed by atoms with Crippen LogP contribution < -0.4 is 19.5 Å². The zero-order chi connectivity index (χ0) is 22.7. The molecule has 4 aromatic rings. The van der Waals surface area contributed by atoms with E-state index in [0.717, 1.165) is 20.2 Å². The molecule has 0 unspecified atom stereocenters. The molecule has 3 aromatic carbocycles. The van der Waals surface area contributed by atoms with E-state index in [2.05, 4.69) is 27.9 Å². The fourth-order valence-electron chi connectivity index (χ4n) is 3.47. The van der Waals surface area contributed by atoms with Crippen molar-refractivity contribution in [3.05, 3.63) is 75.9 Å². The number of para-hydroxylation sites is 1. The summed E-state index contributed by atoms with van der Waals surface area (Å²) < 4.78 is 17.5. The molecule has 162 valence electrons. The number of carbonyl (C=O) groups excluding carboxylic acids is 1. The second-order valence-corrected chi connectivity index (χ2v) is 8.19. The van der Waals surface area contributed by atoms with E-state index in [1.54, 1.807) is 27.4 Å². The molecule has 1 heterocycles.